The smallest absolute Gasteiger partial charge is 0.172 e. The molecule has 0 bridgehead atoms. The third-order valence-electron chi connectivity index (χ3n) is 4.29. The van der Waals surface area contributed by atoms with E-state index in [1.54, 1.807) is 0 Å². The Hall–Kier alpha value is -1.94. The van der Waals surface area contributed by atoms with Crippen molar-refractivity contribution in [3.63, 3.8) is 0 Å². The molecule has 0 aliphatic heterocycles. The summed E-state index contributed by atoms with van der Waals surface area (Å²) in [5.41, 5.74) is 2.41. The molecule has 0 spiro atoms. The van der Waals surface area contributed by atoms with Crippen LogP contribution in [0.3, 0.4) is 0 Å². The molecule has 0 unspecified atom stereocenters. The average Bonchev–Trinajstić information content (AvgIpc) is 3.00. The van der Waals surface area contributed by atoms with Crippen molar-refractivity contribution in [2.75, 3.05) is 5.32 Å². The number of rotatable bonds is 3. The van der Waals surface area contributed by atoms with Gasteiger partial charge in [-0.3, -0.25) is 0 Å². The van der Waals surface area contributed by atoms with Crippen LogP contribution in [0.25, 0.3) is 0 Å². The van der Waals surface area contributed by atoms with Crippen molar-refractivity contribution in [1.29, 1.82) is 0 Å². The zero-order valence-corrected chi connectivity index (χ0v) is 13.6. The number of pyridine rings is 1. The number of aromatic nitrogens is 1. The lowest BCUT2D eigenvalue weighted by atomic mass is 9.88. The molecule has 1 heterocycles. The molecule has 1 fully saturated rings. The van der Waals surface area contributed by atoms with Crippen LogP contribution in [0, 0.1) is 6.92 Å². The van der Waals surface area contributed by atoms with Crippen LogP contribution in [0.15, 0.2) is 48.7 Å². The Labute approximate surface area is 137 Å². The van der Waals surface area contributed by atoms with Crippen LogP contribution in [0.1, 0.15) is 36.8 Å². The number of hydrogen-bond acceptors (Lipinski definition) is 2. The van der Waals surface area contributed by atoms with Crippen LogP contribution in [0.2, 0.25) is 0 Å². The molecule has 3 nitrogen and oxygen atoms in total. The summed E-state index contributed by atoms with van der Waals surface area (Å²) < 4.78 is 0. The van der Waals surface area contributed by atoms with E-state index in [1.807, 2.05) is 25.3 Å². The van der Waals surface area contributed by atoms with Crippen LogP contribution in [-0.4, -0.2) is 10.1 Å². The van der Waals surface area contributed by atoms with Gasteiger partial charge < -0.3 is 10.6 Å². The molecule has 2 N–H and O–H groups in total. The normalized spacial score (nSPS) is 16.2. The number of hydrogen-bond donors (Lipinski definition) is 2. The lowest BCUT2D eigenvalue weighted by molar-refractivity contribution is 0.408. The summed E-state index contributed by atoms with van der Waals surface area (Å²) in [6.07, 6.45) is 6.52. The predicted octanol–water partition coefficient (Wildman–Crippen LogP) is 4.15. The van der Waals surface area contributed by atoms with E-state index in [0.29, 0.717) is 5.11 Å². The first-order valence-electron chi connectivity index (χ1n) is 7.75. The predicted molar refractivity (Wildman–Crippen MR) is 94.9 cm³/mol. The third kappa shape index (κ3) is 3.28. The van der Waals surface area contributed by atoms with Gasteiger partial charge in [-0.2, -0.15) is 0 Å². The van der Waals surface area contributed by atoms with Gasteiger partial charge in [0.05, 0.1) is 5.54 Å². The first-order valence-corrected chi connectivity index (χ1v) is 8.16. The lowest BCUT2D eigenvalue weighted by Gasteiger charge is -2.32. The minimum atomic E-state index is -0.0456. The van der Waals surface area contributed by atoms with Gasteiger partial charge in [0.2, 0.25) is 0 Å². The zero-order valence-electron chi connectivity index (χ0n) is 12.8. The van der Waals surface area contributed by atoms with Crippen molar-refractivity contribution in [1.82, 2.24) is 10.3 Å². The van der Waals surface area contributed by atoms with E-state index in [0.717, 1.165) is 24.2 Å². The van der Waals surface area contributed by atoms with E-state index >= 15 is 0 Å². The maximum Gasteiger partial charge on any atom is 0.172 e. The zero-order chi connectivity index (χ0) is 15.4. The number of anilines is 1. The quantitative estimate of drug-likeness (QED) is 0.835. The third-order valence-corrected chi connectivity index (χ3v) is 4.49. The Morgan fingerprint density at radius 1 is 1.09 bits per heavy atom. The summed E-state index contributed by atoms with van der Waals surface area (Å²) in [4.78, 5) is 4.35. The van der Waals surface area contributed by atoms with Crippen LogP contribution in [0.4, 0.5) is 5.82 Å². The Morgan fingerprint density at radius 3 is 2.45 bits per heavy atom. The van der Waals surface area contributed by atoms with Crippen molar-refractivity contribution < 1.29 is 0 Å². The summed E-state index contributed by atoms with van der Waals surface area (Å²) in [7, 11) is 0. The molecule has 1 aromatic heterocycles. The summed E-state index contributed by atoms with van der Waals surface area (Å²) in [6.45, 7) is 2.02. The van der Waals surface area contributed by atoms with Crippen molar-refractivity contribution >= 4 is 23.1 Å². The summed E-state index contributed by atoms with van der Waals surface area (Å²) in [6, 6.07) is 14.6. The van der Waals surface area contributed by atoms with Gasteiger partial charge in [0.25, 0.3) is 0 Å². The Morgan fingerprint density at radius 2 is 1.82 bits per heavy atom. The topological polar surface area (TPSA) is 37.0 Å². The molecule has 0 atom stereocenters. The van der Waals surface area contributed by atoms with E-state index in [2.05, 4.69) is 45.9 Å². The molecule has 2 aromatic rings. The number of aryl methyl sites for hydroxylation is 1. The fraction of sp³-hybridized carbons (Fsp3) is 0.333. The van der Waals surface area contributed by atoms with Gasteiger partial charge in [0.15, 0.2) is 5.11 Å². The number of thiocarbonyl (C=S) groups is 1. The van der Waals surface area contributed by atoms with Crippen LogP contribution < -0.4 is 10.6 Å². The van der Waals surface area contributed by atoms with E-state index in [1.165, 1.54) is 18.4 Å². The van der Waals surface area contributed by atoms with Crippen LogP contribution in [-0.2, 0) is 5.54 Å². The van der Waals surface area contributed by atoms with E-state index in [-0.39, 0.29) is 5.54 Å². The Balaban J connectivity index is 1.74. The monoisotopic (exact) mass is 311 g/mol. The highest BCUT2D eigenvalue weighted by atomic mass is 32.1. The number of benzene rings is 1. The molecular formula is C18H21N3S. The number of nitrogens with zero attached hydrogens (tertiary/aromatic N) is 1. The fourth-order valence-corrected chi connectivity index (χ4v) is 3.43. The molecule has 114 valence electrons. The van der Waals surface area contributed by atoms with Gasteiger partial charge >= 0.3 is 0 Å². The van der Waals surface area contributed by atoms with Crippen molar-refractivity contribution in [2.24, 2.45) is 0 Å². The minimum absolute atomic E-state index is 0.0456. The second kappa shape index (κ2) is 6.44. The molecule has 1 aromatic carbocycles. The summed E-state index contributed by atoms with van der Waals surface area (Å²) in [5, 5.41) is 7.39. The molecule has 0 saturated heterocycles. The second-order valence-electron chi connectivity index (χ2n) is 5.96. The van der Waals surface area contributed by atoms with Gasteiger partial charge in [-0.15, -0.1) is 0 Å². The van der Waals surface area contributed by atoms with E-state index in [4.69, 9.17) is 12.2 Å². The average molecular weight is 311 g/mol. The molecule has 1 aliphatic rings. The summed E-state index contributed by atoms with van der Waals surface area (Å²) in [5.74, 6) is 0.782. The standard InChI is InChI=1S/C18H21N3S/c1-14-9-10-16(19-13-14)20-17(22)21-18(11-5-6-12-18)15-7-3-2-4-8-15/h2-4,7-10,13H,5-6,11-12H2,1H3,(H2,19,20,21,22). The number of nitrogens with one attached hydrogen (secondary N) is 2. The molecule has 1 saturated carbocycles. The highest BCUT2D eigenvalue weighted by Gasteiger charge is 2.36. The molecule has 22 heavy (non-hydrogen) atoms. The molecule has 1 aliphatic carbocycles. The van der Waals surface area contributed by atoms with Crippen LogP contribution >= 0.6 is 12.2 Å². The molecule has 3 rings (SSSR count). The van der Waals surface area contributed by atoms with Gasteiger partial charge in [-0.25, -0.2) is 4.98 Å². The van der Waals surface area contributed by atoms with Gasteiger partial charge in [-0.05, 0) is 49.2 Å². The first-order chi connectivity index (χ1) is 10.7. The minimum Gasteiger partial charge on any atom is -0.353 e. The van der Waals surface area contributed by atoms with Crippen molar-refractivity contribution in [3.05, 3.63) is 59.8 Å². The fourth-order valence-electron chi connectivity index (χ4n) is 3.13. The molecular weight excluding hydrogens is 290 g/mol. The second-order valence-corrected chi connectivity index (χ2v) is 6.36. The lowest BCUT2D eigenvalue weighted by Crippen LogP contribution is -2.45. The maximum atomic E-state index is 5.52. The van der Waals surface area contributed by atoms with Crippen molar-refractivity contribution in [3.8, 4) is 0 Å². The Kier molecular flexibility index (Phi) is 4.39. The summed E-state index contributed by atoms with van der Waals surface area (Å²) >= 11 is 5.52. The molecule has 4 heteroatoms. The maximum absolute atomic E-state index is 5.52. The van der Waals surface area contributed by atoms with Gasteiger partial charge in [-0.1, -0.05) is 49.2 Å². The largest absolute Gasteiger partial charge is 0.353 e. The van der Waals surface area contributed by atoms with E-state index in [9.17, 15) is 0 Å². The van der Waals surface area contributed by atoms with Gasteiger partial charge in [0.1, 0.15) is 5.82 Å². The Bertz CT molecular complexity index is 631. The highest BCUT2D eigenvalue weighted by molar-refractivity contribution is 7.80. The SMILES string of the molecule is Cc1ccc(NC(=S)NC2(c3ccccc3)CCCC2)nc1. The highest BCUT2D eigenvalue weighted by Crippen LogP contribution is 2.38. The van der Waals surface area contributed by atoms with Crippen LogP contribution in [0.5, 0.6) is 0 Å². The first kappa shape index (κ1) is 15.0. The molecule has 0 amide bonds. The van der Waals surface area contributed by atoms with Gasteiger partial charge in [0, 0.05) is 6.20 Å². The van der Waals surface area contributed by atoms with E-state index < -0.39 is 0 Å². The van der Waals surface area contributed by atoms with Crippen molar-refractivity contribution in [2.45, 2.75) is 38.1 Å². The molecule has 0 radical (unpaired) electrons.